The van der Waals surface area contributed by atoms with Gasteiger partial charge in [0.25, 0.3) is 5.91 Å². The van der Waals surface area contributed by atoms with Crippen LogP contribution in [0.25, 0.3) is 10.9 Å². The summed E-state index contributed by atoms with van der Waals surface area (Å²) in [7, 11) is 2.11. The Bertz CT molecular complexity index is 929. The Morgan fingerprint density at radius 2 is 2.00 bits per heavy atom. The monoisotopic (exact) mass is 364 g/mol. The first-order valence-electron chi connectivity index (χ1n) is 9.29. The van der Waals surface area contributed by atoms with Gasteiger partial charge < -0.3 is 20.1 Å². The first-order chi connectivity index (χ1) is 13.2. The first kappa shape index (κ1) is 17.5. The van der Waals surface area contributed by atoms with Crippen molar-refractivity contribution in [3.8, 4) is 0 Å². The van der Waals surface area contributed by atoms with Crippen LogP contribution in [-0.4, -0.2) is 65.5 Å². The van der Waals surface area contributed by atoms with Crippen molar-refractivity contribution >= 4 is 22.6 Å². The van der Waals surface area contributed by atoms with Crippen LogP contribution in [0.3, 0.4) is 0 Å². The molecule has 1 amide bonds. The molecule has 1 saturated heterocycles. The van der Waals surface area contributed by atoms with E-state index in [1.54, 1.807) is 6.07 Å². The molecule has 3 aromatic rings. The standard InChI is InChI=1S/C20H24N6O/c1-25-8-10-26(11-9-25)19-12-18(23-14-24-19)20(27)21-7-6-15-13-22-17-5-3-2-4-16(15)17/h2-5,12-14,22H,6-11H2,1H3,(H,21,27). The van der Waals surface area contributed by atoms with Crippen molar-refractivity contribution in [3.05, 3.63) is 54.1 Å². The molecule has 0 atom stereocenters. The van der Waals surface area contributed by atoms with E-state index in [-0.39, 0.29) is 5.91 Å². The number of H-pyrrole nitrogens is 1. The Labute approximate surface area is 158 Å². The third kappa shape index (κ3) is 3.93. The molecule has 7 heteroatoms. The Hall–Kier alpha value is -2.93. The molecule has 1 aliphatic heterocycles. The van der Waals surface area contributed by atoms with Crippen molar-refractivity contribution in [2.24, 2.45) is 0 Å². The van der Waals surface area contributed by atoms with E-state index in [9.17, 15) is 4.79 Å². The smallest absolute Gasteiger partial charge is 0.270 e. The lowest BCUT2D eigenvalue weighted by atomic mass is 10.1. The van der Waals surface area contributed by atoms with Gasteiger partial charge in [0.1, 0.15) is 17.8 Å². The number of rotatable bonds is 5. The van der Waals surface area contributed by atoms with Gasteiger partial charge in [-0.05, 0) is 25.1 Å². The van der Waals surface area contributed by atoms with Gasteiger partial charge in [-0.1, -0.05) is 18.2 Å². The maximum absolute atomic E-state index is 12.5. The predicted octanol–water partition coefficient (Wildman–Crippen LogP) is 1.68. The maximum Gasteiger partial charge on any atom is 0.270 e. The number of carbonyl (C=O) groups is 1. The molecule has 2 N–H and O–H groups in total. The van der Waals surface area contributed by atoms with E-state index in [1.165, 1.54) is 17.3 Å². The fourth-order valence-electron chi connectivity index (χ4n) is 3.42. The van der Waals surface area contributed by atoms with Crippen LogP contribution in [0, 0.1) is 0 Å². The number of hydrogen-bond donors (Lipinski definition) is 2. The van der Waals surface area contributed by atoms with Gasteiger partial charge in [-0.15, -0.1) is 0 Å². The highest BCUT2D eigenvalue weighted by Gasteiger charge is 2.17. The highest BCUT2D eigenvalue weighted by Crippen LogP contribution is 2.18. The van der Waals surface area contributed by atoms with Crippen LogP contribution in [0.4, 0.5) is 5.82 Å². The van der Waals surface area contributed by atoms with Crippen LogP contribution in [0.2, 0.25) is 0 Å². The number of nitrogens with zero attached hydrogens (tertiary/aromatic N) is 4. The summed E-state index contributed by atoms with van der Waals surface area (Å²) in [6.45, 7) is 4.38. The van der Waals surface area contributed by atoms with Gasteiger partial charge in [-0.2, -0.15) is 0 Å². The Morgan fingerprint density at radius 3 is 2.85 bits per heavy atom. The number of likely N-dealkylation sites (N-methyl/N-ethyl adjacent to an activating group) is 1. The van der Waals surface area contributed by atoms with E-state index in [0.29, 0.717) is 12.2 Å². The molecule has 7 nitrogen and oxygen atoms in total. The van der Waals surface area contributed by atoms with E-state index in [2.05, 4.69) is 49.2 Å². The van der Waals surface area contributed by atoms with Crippen molar-refractivity contribution < 1.29 is 4.79 Å². The lowest BCUT2D eigenvalue weighted by molar-refractivity contribution is 0.0949. The summed E-state index contributed by atoms with van der Waals surface area (Å²) in [5.74, 6) is 0.660. The van der Waals surface area contributed by atoms with E-state index >= 15 is 0 Å². The number of hydrogen-bond acceptors (Lipinski definition) is 5. The molecule has 1 fully saturated rings. The minimum absolute atomic E-state index is 0.160. The number of amides is 1. The Morgan fingerprint density at radius 1 is 1.19 bits per heavy atom. The number of piperazine rings is 1. The second-order valence-corrected chi connectivity index (χ2v) is 6.92. The molecule has 0 spiro atoms. The highest BCUT2D eigenvalue weighted by molar-refractivity contribution is 5.93. The van der Waals surface area contributed by atoms with Crippen molar-refractivity contribution in [1.82, 2.24) is 25.2 Å². The average molecular weight is 364 g/mol. The quantitative estimate of drug-likeness (QED) is 0.720. The number of para-hydroxylation sites is 1. The summed E-state index contributed by atoms with van der Waals surface area (Å²) in [6.07, 6.45) is 4.25. The number of nitrogens with one attached hydrogen (secondary N) is 2. The number of aromatic nitrogens is 3. The van der Waals surface area contributed by atoms with Crippen molar-refractivity contribution in [3.63, 3.8) is 0 Å². The van der Waals surface area contributed by atoms with Gasteiger partial charge in [-0.3, -0.25) is 4.79 Å². The molecular formula is C20H24N6O. The van der Waals surface area contributed by atoms with Crippen LogP contribution >= 0.6 is 0 Å². The van der Waals surface area contributed by atoms with Crippen LogP contribution in [0.15, 0.2) is 42.9 Å². The fraction of sp³-hybridized carbons (Fsp3) is 0.350. The Balaban J connectivity index is 1.36. The van der Waals surface area contributed by atoms with Gasteiger partial charge in [0, 0.05) is 55.9 Å². The molecule has 0 radical (unpaired) electrons. The van der Waals surface area contributed by atoms with Gasteiger partial charge in [0.2, 0.25) is 0 Å². The number of fused-ring (bicyclic) bond motifs is 1. The SMILES string of the molecule is CN1CCN(c2cc(C(=O)NCCc3c[nH]c4ccccc34)ncn2)CC1. The zero-order valence-electron chi connectivity index (χ0n) is 15.5. The Kier molecular flexibility index (Phi) is 5.02. The molecule has 2 aromatic heterocycles. The summed E-state index contributed by atoms with van der Waals surface area (Å²) < 4.78 is 0. The van der Waals surface area contributed by atoms with Crippen LogP contribution in [0.1, 0.15) is 16.1 Å². The van der Waals surface area contributed by atoms with Crippen molar-refractivity contribution in [2.75, 3.05) is 44.7 Å². The lowest BCUT2D eigenvalue weighted by Gasteiger charge is -2.33. The maximum atomic E-state index is 12.5. The molecule has 0 saturated carbocycles. The molecule has 0 aliphatic carbocycles. The largest absolute Gasteiger partial charge is 0.361 e. The zero-order valence-corrected chi connectivity index (χ0v) is 15.5. The third-order valence-corrected chi connectivity index (χ3v) is 5.07. The van der Waals surface area contributed by atoms with E-state index in [0.717, 1.165) is 43.9 Å². The molecule has 0 unspecified atom stereocenters. The number of benzene rings is 1. The molecule has 140 valence electrons. The van der Waals surface area contributed by atoms with E-state index < -0.39 is 0 Å². The zero-order chi connectivity index (χ0) is 18.6. The number of anilines is 1. The second kappa shape index (κ2) is 7.75. The molecule has 0 bridgehead atoms. The second-order valence-electron chi connectivity index (χ2n) is 6.92. The van der Waals surface area contributed by atoms with E-state index in [1.807, 2.05) is 18.3 Å². The minimum atomic E-state index is -0.160. The fourth-order valence-corrected chi connectivity index (χ4v) is 3.42. The van der Waals surface area contributed by atoms with Crippen LogP contribution in [-0.2, 0) is 6.42 Å². The molecule has 3 heterocycles. The lowest BCUT2D eigenvalue weighted by Crippen LogP contribution is -2.45. The van der Waals surface area contributed by atoms with Crippen molar-refractivity contribution in [2.45, 2.75) is 6.42 Å². The van der Waals surface area contributed by atoms with Gasteiger partial charge in [0.05, 0.1) is 0 Å². The molecule has 1 aromatic carbocycles. The first-order valence-corrected chi connectivity index (χ1v) is 9.29. The molecule has 1 aliphatic rings. The summed E-state index contributed by atoms with van der Waals surface area (Å²) in [5.41, 5.74) is 2.73. The molecule has 27 heavy (non-hydrogen) atoms. The summed E-state index contributed by atoms with van der Waals surface area (Å²) in [6, 6.07) is 9.97. The summed E-state index contributed by atoms with van der Waals surface area (Å²) >= 11 is 0. The predicted molar refractivity (Wildman–Crippen MR) is 106 cm³/mol. The van der Waals surface area contributed by atoms with Gasteiger partial charge in [-0.25, -0.2) is 9.97 Å². The van der Waals surface area contributed by atoms with E-state index in [4.69, 9.17) is 0 Å². The van der Waals surface area contributed by atoms with Gasteiger partial charge >= 0.3 is 0 Å². The average Bonchev–Trinajstić information content (AvgIpc) is 3.12. The highest BCUT2D eigenvalue weighted by atomic mass is 16.1. The van der Waals surface area contributed by atoms with Gasteiger partial charge in [0.15, 0.2) is 0 Å². The normalized spacial score (nSPS) is 15.2. The molecule has 4 rings (SSSR count). The van der Waals surface area contributed by atoms with Crippen molar-refractivity contribution in [1.29, 1.82) is 0 Å². The number of carbonyl (C=O) groups excluding carboxylic acids is 1. The summed E-state index contributed by atoms with van der Waals surface area (Å²) in [4.78, 5) is 28.7. The van der Waals surface area contributed by atoms with Crippen LogP contribution < -0.4 is 10.2 Å². The summed E-state index contributed by atoms with van der Waals surface area (Å²) in [5, 5.41) is 4.17. The third-order valence-electron chi connectivity index (χ3n) is 5.07. The van der Waals surface area contributed by atoms with Crippen LogP contribution in [0.5, 0.6) is 0 Å². The number of aromatic amines is 1. The minimum Gasteiger partial charge on any atom is -0.361 e. The molecular weight excluding hydrogens is 340 g/mol. The topological polar surface area (TPSA) is 77.1 Å².